The van der Waals surface area contributed by atoms with Gasteiger partial charge in [0.15, 0.2) is 5.16 Å². The highest BCUT2D eigenvalue weighted by Gasteiger charge is 2.09. The molecule has 0 saturated carbocycles. The molecule has 2 aromatic carbocycles. The van der Waals surface area contributed by atoms with Crippen LogP contribution in [0.3, 0.4) is 0 Å². The van der Waals surface area contributed by atoms with Crippen molar-refractivity contribution in [1.82, 2.24) is 9.97 Å². The number of benzene rings is 2. The van der Waals surface area contributed by atoms with Crippen LogP contribution in [0.1, 0.15) is 0 Å². The fraction of sp³-hybridized carbons (Fsp3) is 0.150. The molecular formula is C20H18ClN3O4S. The molecule has 1 heterocycles. The van der Waals surface area contributed by atoms with Crippen molar-refractivity contribution in [3.63, 3.8) is 0 Å². The van der Waals surface area contributed by atoms with Gasteiger partial charge in [-0.15, -0.1) is 0 Å². The summed E-state index contributed by atoms with van der Waals surface area (Å²) in [6.45, 7) is 0. The van der Waals surface area contributed by atoms with Gasteiger partial charge in [-0.2, -0.15) is 4.98 Å². The van der Waals surface area contributed by atoms with Gasteiger partial charge in [-0.05, 0) is 24.3 Å². The second-order valence-electron chi connectivity index (χ2n) is 5.67. The van der Waals surface area contributed by atoms with Crippen molar-refractivity contribution in [3.05, 3.63) is 59.8 Å². The number of amides is 1. The Hall–Kier alpha value is -2.97. The monoisotopic (exact) mass is 431 g/mol. The predicted octanol–water partition coefficient (Wildman–Crippen LogP) is 4.67. The van der Waals surface area contributed by atoms with E-state index < -0.39 is 0 Å². The first-order chi connectivity index (χ1) is 14.1. The van der Waals surface area contributed by atoms with E-state index >= 15 is 0 Å². The Morgan fingerprint density at radius 1 is 1.03 bits per heavy atom. The highest BCUT2D eigenvalue weighted by molar-refractivity contribution is 7.99. The van der Waals surface area contributed by atoms with E-state index in [1.54, 1.807) is 68.9 Å². The van der Waals surface area contributed by atoms with Crippen LogP contribution in [-0.2, 0) is 4.79 Å². The minimum absolute atomic E-state index is 0.152. The van der Waals surface area contributed by atoms with Gasteiger partial charge < -0.3 is 19.5 Å². The number of anilines is 1. The molecule has 0 atom stereocenters. The number of hydrogen-bond donors (Lipinski definition) is 1. The summed E-state index contributed by atoms with van der Waals surface area (Å²) in [6.07, 6.45) is 1.57. The molecule has 1 amide bonds. The van der Waals surface area contributed by atoms with Crippen molar-refractivity contribution >= 4 is 35.0 Å². The summed E-state index contributed by atoms with van der Waals surface area (Å²) in [5.74, 6) is 2.03. The van der Waals surface area contributed by atoms with Crippen molar-refractivity contribution in [2.45, 2.75) is 5.16 Å². The van der Waals surface area contributed by atoms with Gasteiger partial charge >= 0.3 is 0 Å². The van der Waals surface area contributed by atoms with E-state index in [-0.39, 0.29) is 11.7 Å². The Balaban J connectivity index is 1.61. The van der Waals surface area contributed by atoms with Crippen LogP contribution in [0.15, 0.2) is 59.9 Å². The summed E-state index contributed by atoms with van der Waals surface area (Å²) in [5.41, 5.74) is 0.671. The standard InChI is InChI=1S/C20H18ClN3O4S/c1-26-15-9-16(27-2)11-17(10-15)28-19-7-8-22-20(24-19)29-12-18(25)23-14-5-3-13(21)4-6-14/h3-11H,12H2,1-2H3,(H,23,25). The van der Waals surface area contributed by atoms with Gasteiger partial charge in [0.1, 0.15) is 17.2 Å². The van der Waals surface area contributed by atoms with Gasteiger partial charge in [0.2, 0.25) is 11.8 Å². The molecular weight excluding hydrogens is 414 g/mol. The summed E-state index contributed by atoms with van der Waals surface area (Å²) < 4.78 is 16.2. The number of methoxy groups -OCH3 is 2. The van der Waals surface area contributed by atoms with Crippen molar-refractivity contribution in [1.29, 1.82) is 0 Å². The highest BCUT2D eigenvalue weighted by Crippen LogP contribution is 2.30. The quantitative estimate of drug-likeness (QED) is 0.410. The smallest absolute Gasteiger partial charge is 0.234 e. The van der Waals surface area contributed by atoms with Crippen LogP contribution in [0, 0.1) is 0 Å². The Morgan fingerprint density at radius 2 is 1.69 bits per heavy atom. The molecule has 0 aliphatic carbocycles. The average molecular weight is 432 g/mol. The average Bonchev–Trinajstić information content (AvgIpc) is 2.74. The maximum atomic E-state index is 12.1. The number of thioether (sulfide) groups is 1. The van der Waals surface area contributed by atoms with Crippen LogP contribution >= 0.6 is 23.4 Å². The number of ether oxygens (including phenoxy) is 3. The van der Waals surface area contributed by atoms with E-state index in [0.29, 0.717) is 39.0 Å². The van der Waals surface area contributed by atoms with Crippen LogP contribution in [-0.4, -0.2) is 35.8 Å². The maximum absolute atomic E-state index is 12.1. The molecule has 9 heteroatoms. The lowest BCUT2D eigenvalue weighted by Gasteiger charge is -2.10. The third-order valence-electron chi connectivity index (χ3n) is 3.62. The van der Waals surface area contributed by atoms with E-state index in [1.165, 1.54) is 11.8 Å². The lowest BCUT2D eigenvalue weighted by atomic mass is 10.3. The molecule has 3 rings (SSSR count). The number of hydrogen-bond acceptors (Lipinski definition) is 7. The molecule has 0 spiro atoms. The fourth-order valence-corrected chi connectivity index (χ4v) is 3.02. The summed E-state index contributed by atoms with van der Waals surface area (Å²) in [5, 5.41) is 3.81. The van der Waals surface area contributed by atoms with Crippen LogP contribution < -0.4 is 19.5 Å². The summed E-state index contributed by atoms with van der Waals surface area (Å²) in [4.78, 5) is 20.6. The van der Waals surface area contributed by atoms with E-state index in [1.807, 2.05) is 0 Å². The highest BCUT2D eigenvalue weighted by atomic mass is 35.5. The molecule has 0 bridgehead atoms. The molecule has 3 aromatic rings. The topological polar surface area (TPSA) is 82.6 Å². The molecule has 29 heavy (non-hydrogen) atoms. The molecule has 1 aromatic heterocycles. The van der Waals surface area contributed by atoms with Crippen LogP contribution in [0.4, 0.5) is 5.69 Å². The third kappa shape index (κ3) is 6.27. The molecule has 0 aliphatic rings. The zero-order valence-electron chi connectivity index (χ0n) is 15.7. The number of carbonyl (C=O) groups excluding carboxylic acids is 1. The van der Waals surface area contributed by atoms with Crippen LogP contribution in [0.5, 0.6) is 23.1 Å². The van der Waals surface area contributed by atoms with Crippen LogP contribution in [0.25, 0.3) is 0 Å². The molecule has 0 fully saturated rings. The minimum Gasteiger partial charge on any atom is -0.496 e. The summed E-state index contributed by atoms with van der Waals surface area (Å²) in [6, 6.07) is 13.7. The molecule has 0 saturated heterocycles. The molecule has 0 aliphatic heterocycles. The Kier molecular flexibility index (Phi) is 7.15. The number of aromatic nitrogens is 2. The van der Waals surface area contributed by atoms with E-state index in [4.69, 9.17) is 25.8 Å². The minimum atomic E-state index is -0.176. The zero-order valence-corrected chi connectivity index (χ0v) is 17.3. The number of carbonyl (C=O) groups is 1. The molecule has 0 unspecified atom stereocenters. The second kappa shape index (κ2) is 9.99. The van der Waals surface area contributed by atoms with Gasteiger partial charge in [-0.3, -0.25) is 4.79 Å². The van der Waals surface area contributed by atoms with Gasteiger partial charge in [-0.25, -0.2) is 4.98 Å². The Bertz CT molecular complexity index is 963. The van der Waals surface area contributed by atoms with Gasteiger partial charge in [-0.1, -0.05) is 23.4 Å². The van der Waals surface area contributed by atoms with Gasteiger partial charge in [0, 0.05) is 41.2 Å². The normalized spacial score (nSPS) is 10.3. The van der Waals surface area contributed by atoms with Crippen molar-refractivity contribution < 1.29 is 19.0 Å². The number of nitrogens with zero attached hydrogens (tertiary/aromatic N) is 2. The SMILES string of the molecule is COc1cc(OC)cc(Oc2ccnc(SCC(=O)Nc3ccc(Cl)cc3)n2)c1. The van der Waals surface area contributed by atoms with Crippen molar-refractivity contribution in [3.8, 4) is 23.1 Å². The summed E-state index contributed by atoms with van der Waals surface area (Å²) >= 11 is 7.04. The number of rotatable bonds is 8. The number of halogens is 1. The first kappa shape index (κ1) is 20.8. The van der Waals surface area contributed by atoms with Crippen LogP contribution in [0.2, 0.25) is 5.02 Å². The lowest BCUT2D eigenvalue weighted by molar-refractivity contribution is -0.113. The number of nitrogens with one attached hydrogen (secondary N) is 1. The largest absolute Gasteiger partial charge is 0.496 e. The summed E-state index contributed by atoms with van der Waals surface area (Å²) in [7, 11) is 3.13. The van der Waals surface area contributed by atoms with Gasteiger partial charge in [0.25, 0.3) is 0 Å². The predicted molar refractivity (Wildman–Crippen MR) is 112 cm³/mol. The fourth-order valence-electron chi connectivity index (χ4n) is 2.27. The zero-order chi connectivity index (χ0) is 20.6. The lowest BCUT2D eigenvalue weighted by Crippen LogP contribution is -2.14. The van der Waals surface area contributed by atoms with E-state index in [9.17, 15) is 4.79 Å². The van der Waals surface area contributed by atoms with Gasteiger partial charge in [0.05, 0.1) is 20.0 Å². The van der Waals surface area contributed by atoms with Crippen molar-refractivity contribution in [2.75, 3.05) is 25.3 Å². The third-order valence-corrected chi connectivity index (χ3v) is 4.73. The van der Waals surface area contributed by atoms with Crippen molar-refractivity contribution in [2.24, 2.45) is 0 Å². The first-order valence-electron chi connectivity index (χ1n) is 8.48. The van der Waals surface area contributed by atoms with E-state index in [0.717, 1.165) is 0 Å². The molecule has 150 valence electrons. The maximum Gasteiger partial charge on any atom is 0.234 e. The first-order valence-corrected chi connectivity index (χ1v) is 9.84. The molecule has 7 nitrogen and oxygen atoms in total. The Labute approximate surface area is 177 Å². The molecule has 1 N–H and O–H groups in total. The second-order valence-corrected chi connectivity index (χ2v) is 7.05. The van der Waals surface area contributed by atoms with E-state index in [2.05, 4.69) is 15.3 Å². The molecule has 0 radical (unpaired) electrons. The Morgan fingerprint density at radius 3 is 2.34 bits per heavy atom.